The minimum atomic E-state index is 0.0493. The molecule has 0 fully saturated rings. The zero-order chi connectivity index (χ0) is 17.1. The molecule has 0 saturated heterocycles. The van der Waals surface area contributed by atoms with Gasteiger partial charge in [0.1, 0.15) is 0 Å². The lowest BCUT2D eigenvalue weighted by molar-refractivity contribution is -0.108. The summed E-state index contributed by atoms with van der Waals surface area (Å²) >= 11 is 0. The number of fused-ring (bicyclic) bond motifs is 1. The monoisotopic (exact) mass is 318 g/mol. The largest absolute Gasteiger partial charge is 0.369 e. The van der Waals surface area contributed by atoms with E-state index in [-0.39, 0.29) is 5.96 Å². The number of carbonyl (C=O) groups excluding carboxylic acids is 1. The Labute approximate surface area is 140 Å². The van der Waals surface area contributed by atoms with E-state index in [9.17, 15) is 4.79 Å². The molecule has 0 bridgehead atoms. The zero-order valence-corrected chi connectivity index (χ0v) is 13.6. The molecule has 24 heavy (non-hydrogen) atoms. The SMILES string of the molecule is Cc1cccc(-c2cc(N=C(N)NC=O)c3ccccc3n2)c1C. The van der Waals surface area contributed by atoms with Crippen molar-refractivity contribution in [2.45, 2.75) is 13.8 Å². The van der Waals surface area contributed by atoms with Gasteiger partial charge in [0.25, 0.3) is 0 Å². The highest BCUT2D eigenvalue weighted by Crippen LogP contribution is 2.32. The van der Waals surface area contributed by atoms with Crippen LogP contribution < -0.4 is 11.1 Å². The number of aryl methyl sites for hydroxylation is 1. The summed E-state index contributed by atoms with van der Waals surface area (Å²) in [5.74, 6) is 0.0493. The maximum absolute atomic E-state index is 10.6. The molecule has 0 radical (unpaired) electrons. The van der Waals surface area contributed by atoms with Gasteiger partial charge in [0, 0.05) is 10.9 Å². The number of para-hydroxylation sites is 1. The Balaban J connectivity index is 2.25. The summed E-state index contributed by atoms with van der Waals surface area (Å²) in [7, 11) is 0. The van der Waals surface area contributed by atoms with Crippen LogP contribution in [0.4, 0.5) is 5.69 Å². The van der Waals surface area contributed by atoms with Crippen molar-refractivity contribution in [3.63, 3.8) is 0 Å². The maximum atomic E-state index is 10.6. The molecule has 0 spiro atoms. The van der Waals surface area contributed by atoms with Crippen LogP contribution in [0.15, 0.2) is 53.5 Å². The summed E-state index contributed by atoms with van der Waals surface area (Å²) < 4.78 is 0. The van der Waals surface area contributed by atoms with Crippen molar-refractivity contribution in [3.8, 4) is 11.3 Å². The van der Waals surface area contributed by atoms with Gasteiger partial charge in [-0.1, -0.05) is 36.4 Å². The van der Waals surface area contributed by atoms with E-state index in [1.165, 1.54) is 11.1 Å². The van der Waals surface area contributed by atoms with Gasteiger partial charge < -0.3 is 5.73 Å². The molecule has 0 aliphatic carbocycles. The van der Waals surface area contributed by atoms with E-state index in [4.69, 9.17) is 10.7 Å². The van der Waals surface area contributed by atoms with Crippen molar-refractivity contribution in [2.75, 3.05) is 0 Å². The number of hydrogen-bond acceptors (Lipinski definition) is 3. The molecular formula is C19H18N4O. The summed E-state index contributed by atoms with van der Waals surface area (Å²) in [6, 6.07) is 15.7. The highest BCUT2D eigenvalue weighted by atomic mass is 16.1. The minimum absolute atomic E-state index is 0.0493. The molecule has 1 aromatic heterocycles. The quantitative estimate of drug-likeness (QED) is 0.442. The summed E-state index contributed by atoms with van der Waals surface area (Å²) in [6.07, 6.45) is 0.508. The van der Waals surface area contributed by atoms with Crippen LogP contribution in [0.5, 0.6) is 0 Å². The number of nitrogens with two attached hydrogens (primary N) is 1. The van der Waals surface area contributed by atoms with Crippen molar-refractivity contribution in [1.29, 1.82) is 0 Å². The fourth-order valence-electron chi connectivity index (χ4n) is 2.64. The first-order valence-electron chi connectivity index (χ1n) is 7.61. The number of hydrogen-bond donors (Lipinski definition) is 2. The van der Waals surface area contributed by atoms with Crippen LogP contribution in [-0.4, -0.2) is 17.4 Å². The number of aromatic nitrogens is 1. The van der Waals surface area contributed by atoms with Crippen molar-refractivity contribution in [3.05, 3.63) is 59.7 Å². The Hall–Kier alpha value is -3.21. The highest BCUT2D eigenvalue weighted by molar-refractivity contribution is 5.97. The zero-order valence-electron chi connectivity index (χ0n) is 13.6. The molecule has 120 valence electrons. The van der Waals surface area contributed by atoms with E-state index >= 15 is 0 Å². The second-order valence-electron chi connectivity index (χ2n) is 5.55. The molecule has 0 saturated carbocycles. The van der Waals surface area contributed by atoms with E-state index in [2.05, 4.69) is 30.2 Å². The number of carbonyl (C=O) groups is 1. The van der Waals surface area contributed by atoms with Gasteiger partial charge in [-0.05, 0) is 37.1 Å². The van der Waals surface area contributed by atoms with Crippen molar-refractivity contribution >= 4 is 29.0 Å². The summed E-state index contributed by atoms with van der Waals surface area (Å²) in [5.41, 5.74) is 11.5. The van der Waals surface area contributed by atoms with Crippen LogP contribution in [0.25, 0.3) is 22.2 Å². The number of aliphatic imine (C=N–C) groups is 1. The van der Waals surface area contributed by atoms with E-state index in [0.29, 0.717) is 12.1 Å². The number of guanidine groups is 1. The normalized spacial score (nSPS) is 11.5. The van der Waals surface area contributed by atoms with Gasteiger partial charge in [0.2, 0.25) is 6.41 Å². The van der Waals surface area contributed by atoms with Gasteiger partial charge in [-0.15, -0.1) is 0 Å². The van der Waals surface area contributed by atoms with Gasteiger partial charge in [-0.2, -0.15) is 0 Å². The standard InChI is InChI=1S/C19H18N4O/c1-12-6-5-8-14(13(12)2)17-10-18(23-19(20)21-11-24)15-7-3-4-9-16(15)22-17/h3-11H,1-2H3,(H3,20,21,22,23,24). The van der Waals surface area contributed by atoms with Gasteiger partial charge in [-0.25, -0.2) is 9.98 Å². The van der Waals surface area contributed by atoms with Crippen molar-refractivity contribution in [1.82, 2.24) is 10.3 Å². The van der Waals surface area contributed by atoms with Crippen LogP contribution in [0, 0.1) is 13.8 Å². The smallest absolute Gasteiger partial charge is 0.213 e. The minimum Gasteiger partial charge on any atom is -0.369 e. The molecule has 5 nitrogen and oxygen atoms in total. The molecule has 0 unspecified atom stereocenters. The summed E-state index contributed by atoms with van der Waals surface area (Å²) in [5, 5.41) is 3.24. The Morgan fingerprint density at radius 2 is 1.96 bits per heavy atom. The third-order valence-corrected chi connectivity index (χ3v) is 4.02. The number of rotatable bonds is 3. The van der Waals surface area contributed by atoms with Gasteiger partial charge in [0.05, 0.1) is 16.9 Å². The van der Waals surface area contributed by atoms with E-state index in [1.54, 1.807) is 0 Å². The highest BCUT2D eigenvalue weighted by Gasteiger charge is 2.10. The third-order valence-electron chi connectivity index (χ3n) is 4.02. The lowest BCUT2D eigenvalue weighted by Gasteiger charge is -2.11. The Bertz CT molecular complexity index is 947. The lowest BCUT2D eigenvalue weighted by atomic mass is 9.99. The predicted octanol–water partition coefficient (Wildman–Crippen LogP) is 3.21. The van der Waals surface area contributed by atoms with E-state index in [0.717, 1.165) is 22.2 Å². The summed E-state index contributed by atoms with van der Waals surface area (Å²) in [4.78, 5) is 19.6. The van der Waals surface area contributed by atoms with Crippen LogP contribution in [0.3, 0.4) is 0 Å². The molecule has 0 atom stereocenters. The van der Waals surface area contributed by atoms with E-state index < -0.39 is 0 Å². The molecule has 5 heteroatoms. The fraction of sp³-hybridized carbons (Fsp3) is 0.105. The number of amides is 1. The van der Waals surface area contributed by atoms with Crippen LogP contribution in [0.2, 0.25) is 0 Å². The average Bonchev–Trinajstić information content (AvgIpc) is 2.57. The first kappa shape index (κ1) is 15.7. The lowest BCUT2D eigenvalue weighted by Crippen LogP contribution is -2.29. The number of nitrogens with one attached hydrogen (secondary N) is 1. The van der Waals surface area contributed by atoms with E-state index in [1.807, 2.05) is 42.5 Å². The van der Waals surface area contributed by atoms with Gasteiger partial charge in [0.15, 0.2) is 5.96 Å². The molecule has 2 aromatic carbocycles. The molecule has 3 rings (SSSR count). The molecular weight excluding hydrogens is 300 g/mol. The molecule has 3 aromatic rings. The molecule has 3 N–H and O–H groups in total. The third kappa shape index (κ3) is 2.96. The van der Waals surface area contributed by atoms with Crippen LogP contribution in [-0.2, 0) is 4.79 Å². The van der Waals surface area contributed by atoms with Crippen LogP contribution >= 0.6 is 0 Å². The van der Waals surface area contributed by atoms with Crippen molar-refractivity contribution in [2.24, 2.45) is 10.7 Å². The number of nitrogens with zero attached hydrogens (tertiary/aromatic N) is 2. The average molecular weight is 318 g/mol. The Morgan fingerprint density at radius 3 is 2.75 bits per heavy atom. The second-order valence-corrected chi connectivity index (χ2v) is 5.55. The van der Waals surface area contributed by atoms with Gasteiger partial charge in [-0.3, -0.25) is 10.1 Å². The first-order valence-corrected chi connectivity index (χ1v) is 7.61. The number of benzene rings is 2. The maximum Gasteiger partial charge on any atom is 0.213 e. The first-order chi connectivity index (χ1) is 11.6. The van der Waals surface area contributed by atoms with Crippen LogP contribution in [0.1, 0.15) is 11.1 Å². The molecule has 1 amide bonds. The molecule has 0 aliphatic heterocycles. The topological polar surface area (TPSA) is 80.4 Å². The number of pyridine rings is 1. The molecule has 1 heterocycles. The van der Waals surface area contributed by atoms with Crippen molar-refractivity contribution < 1.29 is 4.79 Å². The summed E-state index contributed by atoms with van der Waals surface area (Å²) in [6.45, 7) is 4.15. The van der Waals surface area contributed by atoms with Gasteiger partial charge >= 0.3 is 0 Å². The predicted molar refractivity (Wildman–Crippen MR) is 97.1 cm³/mol. The Kier molecular flexibility index (Phi) is 4.24. The molecule has 0 aliphatic rings. The second kappa shape index (κ2) is 6.50. The Morgan fingerprint density at radius 1 is 1.17 bits per heavy atom. The fourth-order valence-corrected chi connectivity index (χ4v) is 2.64.